The second-order valence-electron chi connectivity index (χ2n) is 6.32. The van der Waals surface area contributed by atoms with Crippen LogP contribution in [-0.2, 0) is 4.74 Å². The van der Waals surface area contributed by atoms with Crippen molar-refractivity contribution in [2.45, 2.75) is 12.4 Å². The Morgan fingerprint density at radius 1 is 0.800 bits per heavy atom. The molecule has 186 valence electrons. The molecule has 0 aliphatic heterocycles. The smallest absolute Gasteiger partial charge is 0.422 e. The number of carboxylic acid groups (broad SMARTS) is 1. The second-order valence-corrected chi connectivity index (χ2v) is 6.32. The fourth-order valence-corrected chi connectivity index (χ4v) is 2.18. The van der Waals surface area contributed by atoms with Crippen LogP contribution in [0.4, 0.5) is 26.3 Å². The largest absolute Gasteiger partial charge is 0.484 e. The first-order valence-corrected chi connectivity index (χ1v) is 8.98. The van der Waals surface area contributed by atoms with Crippen molar-refractivity contribution in [1.29, 1.82) is 10.5 Å². The van der Waals surface area contributed by atoms with E-state index in [1.54, 1.807) is 12.1 Å². The Hall–Kier alpha value is -4.46. The maximum Gasteiger partial charge on any atom is 0.422 e. The summed E-state index contributed by atoms with van der Waals surface area (Å²) in [6.45, 7) is -3.04. The number of rotatable bonds is 6. The molecule has 2 aromatic rings. The summed E-state index contributed by atoms with van der Waals surface area (Å²) in [4.78, 5) is 21.9. The van der Waals surface area contributed by atoms with Gasteiger partial charge < -0.3 is 19.3 Å². The van der Waals surface area contributed by atoms with Gasteiger partial charge in [-0.15, -0.1) is 0 Å². The zero-order valence-corrected chi connectivity index (χ0v) is 17.5. The number of esters is 1. The van der Waals surface area contributed by atoms with Crippen molar-refractivity contribution < 1.29 is 55.2 Å². The molecule has 1 N–H and O–H groups in total. The zero-order valence-electron chi connectivity index (χ0n) is 17.5. The lowest BCUT2D eigenvalue weighted by Crippen LogP contribution is -2.19. The summed E-state index contributed by atoms with van der Waals surface area (Å²) in [6, 6.07) is 9.75. The van der Waals surface area contributed by atoms with Crippen LogP contribution in [-0.4, -0.2) is 49.7 Å². The Morgan fingerprint density at radius 3 is 1.54 bits per heavy atom. The number of methoxy groups -OCH3 is 1. The lowest BCUT2D eigenvalue weighted by molar-refractivity contribution is -0.154. The van der Waals surface area contributed by atoms with Crippen LogP contribution in [0.1, 0.15) is 31.8 Å². The van der Waals surface area contributed by atoms with E-state index in [-0.39, 0.29) is 33.8 Å². The fraction of sp³-hybridized carbons (Fsp3) is 0.238. The summed E-state index contributed by atoms with van der Waals surface area (Å²) < 4.78 is 84.8. The number of hydrogen-bond donors (Lipinski definition) is 1. The average Bonchev–Trinajstić information content (AvgIpc) is 2.79. The van der Waals surface area contributed by atoms with Gasteiger partial charge in [-0.2, -0.15) is 36.9 Å². The van der Waals surface area contributed by atoms with Crippen molar-refractivity contribution in [2.75, 3.05) is 20.3 Å². The standard InChI is InChI=1S/C11H8F3NO3.C10H6F3NO3/c1-17-10(16)8-2-7(5-15)3-9(4-8)18-6-11(12,13)14;11-10(12,13)5-17-8-2-6(4-14)1-7(3-8)9(15)16/h2-4H,6H2,1H3;1-3H,5H2,(H,15,16). The van der Waals surface area contributed by atoms with E-state index >= 15 is 0 Å². The van der Waals surface area contributed by atoms with Gasteiger partial charge in [0.2, 0.25) is 0 Å². The third kappa shape index (κ3) is 10.8. The van der Waals surface area contributed by atoms with Crippen LogP contribution in [0, 0.1) is 22.7 Å². The number of hydrogen-bond acceptors (Lipinski definition) is 7. The molecule has 0 amide bonds. The van der Waals surface area contributed by atoms with Crippen LogP contribution in [0.15, 0.2) is 36.4 Å². The number of aromatic carboxylic acids is 1. The van der Waals surface area contributed by atoms with Crippen LogP contribution in [0.5, 0.6) is 11.5 Å². The number of carboxylic acids is 1. The molecule has 0 aromatic heterocycles. The summed E-state index contributed by atoms with van der Waals surface area (Å²) in [6.07, 6.45) is -9.01. The highest BCUT2D eigenvalue weighted by Crippen LogP contribution is 2.22. The first kappa shape index (κ1) is 28.6. The van der Waals surface area contributed by atoms with Gasteiger partial charge in [0.1, 0.15) is 11.5 Å². The molecular formula is C21H14F6N2O6. The molecule has 0 atom stereocenters. The quantitative estimate of drug-likeness (QED) is 0.450. The molecule has 0 unspecified atom stereocenters. The number of benzene rings is 2. The molecule has 0 spiro atoms. The number of alkyl halides is 6. The van der Waals surface area contributed by atoms with Gasteiger partial charge in [-0.25, -0.2) is 9.59 Å². The zero-order chi connectivity index (χ0) is 26.8. The lowest BCUT2D eigenvalue weighted by Gasteiger charge is -2.10. The maximum absolute atomic E-state index is 12.0. The van der Waals surface area contributed by atoms with Crippen molar-refractivity contribution in [1.82, 2.24) is 0 Å². The summed E-state index contributed by atoms with van der Waals surface area (Å²) in [5, 5.41) is 25.9. The Kier molecular flexibility index (Phi) is 9.90. The lowest BCUT2D eigenvalue weighted by atomic mass is 10.1. The normalized spacial score (nSPS) is 10.7. The third-order valence-corrected chi connectivity index (χ3v) is 3.54. The topological polar surface area (TPSA) is 130 Å². The molecule has 0 aliphatic carbocycles. The molecule has 0 aliphatic rings. The van der Waals surface area contributed by atoms with Gasteiger partial charge in [0.15, 0.2) is 13.2 Å². The fourth-order valence-electron chi connectivity index (χ4n) is 2.18. The third-order valence-electron chi connectivity index (χ3n) is 3.54. The van der Waals surface area contributed by atoms with Crippen molar-refractivity contribution in [3.05, 3.63) is 58.7 Å². The molecule has 0 radical (unpaired) electrons. The van der Waals surface area contributed by atoms with Crippen LogP contribution >= 0.6 is 0 Å². The predicted octanol–water partition coefficient (Wildman–Crippen LogP) is 4.48. The van der Waals surface area contributed by atoms with Gasteiger partial charge in [0, 0.05) is 0 Å². The van der Waals surface area contributed by atoms with Crippen molar-refractivity contribution in [2.24, 2.45) is 0 Å². The molecule has 0 saturated heterocycles. The summed E-state index contributed by atoms with van der Waals surface area (Å²) in [7, 11) is 1.12. The Balaban J connectivity index is 0.000000351. The Morgan fingerprint density at radius 2 is 1.20 bits per heavy atom. The first-order valence-electron chi connectivity index (χ1n) is 8.98. The molecule has 14 heteroatoms. The minimum Gasteiger partial charge on any atom is -0.484 e. The molecule has 35 heavy (non-hydrogen) atoms. The van der Waals surface area contributed by atoms with Crippen molar-refractivity contribution in [3.63, 3.8) is 0 Å². The van der Waals surface area contributed by atoms with E-state index in [0.29, 0.717) is 0 Å². The first-order chi connectivity index (χ1) is 16.2. The monoisotopic (exact) mass is 504 g/mol. The van der Waals surface area contributed by atoms with E-state index in [9.17, 15) is 35.9 Å². The van der Waals surface area contributed by atoms with E-state index in [2.05, 4.69) is 14.2 Å². The molecule has 0 heterocycles. The summed E-state index contributed by atoms with van der Waals surface area (Å²) >= 11 is 0. The molecule has 0 saturated carbocycles. The highest BCUT2D eigenvalue weighted by Gasteiger charge is 2.29. The molecule has 0 fully saturated rings. The molecular weight excluding hydrogens is 490 g/mol. The number of nitrogens with zero attached hydrogens (tertiary/aromatic N) is 2. The van der Waals surface area contributed by atoms with Gasteiger partial charge in [-0.3, -0.25) is 0 Å². The van der Waals surface area contributed by atoms with E-state index in [1.165, 1.54) is 6.07 Å². The van der Waals surface area contributed by atoms with Gasteiger partial charge in [-0.1, -0.05) is 0 Å². The number of nitriles is 2. The van der Waals surface area contributed by atoms with Gasteiger partial charge in [-0.05, 0) is 36.4 Å². The Labute approximate surface area is 193 Å². The highest BCUT2D eigenvalue weighted by atomic mass is 19.4. The number of ether oxygens (including phenoxy) is 3. The number of halogens is 6. The van der Waals surface area contributed by atoms with Crippen molar-refractivity contribution in [3.8, 4) is 23.6 Å². The van der Waals surface area contributed by atoms with Crippen LogP contribution in [0.2, 0.25) is 0 Å². The molecule has 2 aromatic carbocycles. The number of carbonyl (C=O) groups excluding carboxylic acids is 1. The molecule has 0 bridgehead atoms. The summed E-state index contributed by atoms with van der Waals surface area (Å²) in [5.41, 5.74) is -0.424. The number of carbonyl (C=O) groups is 2. The van der Waals surface area contributed by atoms with Gasteiger partial charge in [0.25, 0.3) is 0 Å². The molecule has 8 nitrogen and oxygen atoms in total. The molecule has 2 rings (SSSR count). The SMILES string of the molecule is COC(=O)c1cc(C#N)cc(OCC(F)(F)F)c1.N#Cc1cc(OCC(F)(F)F)cc(C(=O)O)c1. The highest BCUT2D eigenvalue weighted by molar-refractivity contribution is 5.90. The maximum atomic E-state index is 12.0. The minimum absolute atomic E-state index is 0.00933. The van der Waals surface area contributed by atoms with E-state index in [1.807, 2.05) is 0 Å². The van der Waals surface area contributed by atoms with E-state index in [0.717, 1.165) is 37.4 Å². The van der Waals surface area contributed by atoms with Gasteiger partial charge >= 0.3 is 24.3 Å². The van der Waals surface area contributed by atoms with Crippen LogP contribution in [0.25, 0.3) is 0 Å². The summed E-state index contributed by atoms with van der Waals surface area (Å²) in [5.74, 6) is -2.63. The Bertz CT molecular complexity index is 1150. The second kappa shape index (κ2) is 12.1. The van der Waals surface area contributed by atoms with E-state index in [4.69, 9.17) is 15.6 Å². The average molecular weight is 504 g/mol. The van der Waals surface area contributed by atoms with Crippen LogP contribution in [0.3, 0.4) is 0 Å². The van der Waals surface area contributed by atoms with Gasteiger partial charge in [0.05, 0.1) is 41.5 Å². The van der Waals surface area contributed by atoms with Crippen molar-refractivity contribution >= 4 is 11.9 Å². The van der Waals surface area contributed by atoms with E-state index < -0.39 is 37.5 Å². The minimum atomic E-state index is -4.52. The predicted molar refractivity (Wildman–Crippen MR) is 104 cm³/mol. The van der Waals surface area contributed by atoms with Crippen LogP contribution < -0.4 is 9.47 Å².